The molecule has 0 spiro atoms. The molecule has 3 heteroatoms. The minimum Gasteiger partial charge on any atom is -0.494 e. The largest absolute Gasteiger partial charge is 0.494 e. The van der Waals surface area contributed by atoms with Gasteiger partial charge >= 0.3 is 0 Å². The summed E-state index contributed by atoms with van der Waals surface area (Å²) in [6.07, 6.45) is 2.12. The first-order valence-corrected chi connectivity index (χ1v) is 6.67. The number of hydrogen-bond donors (Lipinski definition) is 1. The SMILES string of the molecule is CCOc1ccc(CNCCSC)cc1. The molecule has 0 unspecified atom stereocenters. The molecular weight excluding hydrogens is 206 g/mol. The zero-order valence-corrected chi connectivity index (χ0v) is 10.3. The van der Waals surface area contributed by atoms with Crippen molar-refractivity contribution in [2.45, 2.75) is 13.5 Å². The molecule has 15 heavy (non-hydrogen) atoms. The molecule has 0 aliphatic rings. The van der Waals surface area contributed by atoms with E-state index in [9.17, 15) is 0 Å². The Bertz CT molecular complexity index is 261. The quantitative estimate of drug-likeness (QED) is 0.721. The van der Waals surface area contributed by atoms with Crippen LogP contribution in [0, 0.1) is 0 Å². The van der Waals surface area contributed by atoms with Crippen LogP contribution in [0.1, 0.15) is 12.5 Å². The van der Waals surface area contributed by atoms with Gasteiger partial charge in [-0.15, -0.1) is 0 Å². The van der Waals surface area contributed by atoms with Gasteiger partial charge in [-0.3, -0.25) is 0 Å². The minimum atomic E-state index is 0.727. The molecular formula is C12H19NOS. The summed E-state index contributed by atoms with van der Waals surface area (Å²) >= 11 is 1.86. The molecule has 1 N–H and O–H groups in total. The summed E-state index contributed by atoms with van der Waals surface area (Å²) in [5, 5.41) is 3.39. The molecule has 0 atom stereocenters. The highest BCUT2D eigenvalue weighted by Crippen LogP contribution is 2.11. The molecule has 0 radical (unpaired) electrons. The predicted molar refractivity (Wildman–Crippen MR) is 67.7 cm³/mol. The van der Waals surface area contributed by atoms with E-state index in [1.807, 2.05) is 30.8 Å². The summed E-state index contributed by atoms with van der Waals surface area (Å²) < 4.78 is 5.38. The van der Waals surface area contributed by atoms with Gasteiger partial charge in [0, 0.05) is 18.8 Å². The van der Waals surface area contributed by atoms with Crippen LogP contribution >= 0.6 is 11.8 Å². The lowest BCUT2D eigenvalue weighted by atomic mass is 10.2. The van der Waals surface area contributed by atoms with Gasteiger partial charge < -0.3 is 10.1 Å². The first-order chi connectivity index (χ1) is 7.36. The number of rotatable bonds is 7. The molecule has 0 saturated carbocycles. The van der Waals surface area contributed by atoms with Gasteiger partial charge in [0.2, 0.25) is 0 Å². The lowest BCUT2D eigenvalue weighted by Gasteiger charge is -2.06. The lowest BCUT2D eigenvalue weighted by molar-refractivity contribution is 0.340. The van der Waals surface area contributed by atoms with E-state index in [1.165, 1.54) is 5.56 Å². The molecule has 0 amide bonds. The van der Waals surface area contributed by atoms with E-state index in [2.05, 4.69) is 23.7 Å². The fourth-order valence-corrected chi connectivity index (χ4v) is 1.63. The van der Waals surface area contributed by atoms with Crippen LogP contribution in [0.3, 0.4) is 0 Å². The number of hydrogen-bond acceptors (Lipinski definition) is 3. The highest BCUT2D eigenvalue weighted by molar-refractivity contribution is 7.98. The van der Waals surface area contributed by atoms with E-state index in [0.717, 1.165) is 31.2 Å². The highest BCUT2D eigenvalue weighted by atomic mass is 32.2. The van der Waals surface area contributed by atoms with Crippen LogP contribution in [0.4, 0.5) is 0 Å². The van der Waals surface area contributed by atoms with Crippen LogP contribution in [0.2, 0.25) is 0 Å². The summed E-state index contributed by atoms with van der Waals surface area (Å²) in [7, 11) is 0. The first-order valence-electron chi connectivity index (χ1n) is 5.28. The van der Waals surface area contributed by atoms with Crippen molar-refractivity contribution in [3.05, 3.63) is 29.8 Å². The third-order valence-electron chi connectivity index (χ3n) is 2.05. The van der Waals surface area contributed by atoms with Crippen molar-refractivity contribution >= 4 is 11.8 Å². The number of nitrogens with one attached hydrogen (secondary N) is 1. The molecule has 2 nitrogen and oxygen atoms in total. The van der Waals surface area contributed by atoms with Crippen LogP contribution < -0.4 is 10.1 Å². The van der Waals surface area contributed by atoms with E-state index in [0.29, 0.717) is 0 Å². The van der Waals surface area contributed by atoms with E-state index in [4.69, 9.17) is 4.74 Å². The Labute approximate surface area is 96.4 Å². The van der Waals surface area contributed by atoms with Crippen molar-refractivity contribution in [1.29, 1.82) is 0 Å². The second-order valence-electron chi connectivity index (χ2n) is 3.25. The number of ether oxygens (including phenoxy) is 1. The van der Waals surface area contributed by atoms with E-state index >= 15 is 0 Å². The second kappa shape index (κ2) is 7.60. The van der Waals surface area contributed by atoms with Crippen molar-refractivity contribution < 1.29 is 4.74 Å². The Morgan fingerprint density at radius 1 is 1.27 bits per heavy atom. The standard InChI is InChI=1S/C12H19NOS/c1-3-14-12-6-4-11(5-7-12)10-13-8-9-15-2/h4-7,13H,3,8-10H2,1-2H3. The number of thioether (sulfide) groups is 1. The summed E-state index contributed by atoms with van der Waals surface area (Å²) in [6, 6.07) is 8.26. The lowest BCUT2D eigenvalue weighted by Crippen LogP contribution is -2.16. The topological polar surface area (TPSA) is 21.3 Å². The Hall–Kier alpha value is -0.670. The maximum Gasteiger partial charge on any atom is 0.119 e. The first kappa shape index (κ1) is 12.4. The zero-order valence-electron chi connectivity index (χ0n) is 9.45. The van der Waals surface area contributed by atoms with Gasteiger partial charge in [-0.1, -0.05) is 12.1 Å². The van der Waals surface area contributed by atoms with Crippen LogP contribution in [-0.2, 0) is 6.54 Å². The van der Waals surface area contributed by atoms with Crippen LogP contribution in [0.5, 0.6) is 5.75 Å². The molecule has 1 aromatic rings. The normalized spacial score (nSPS) is 10.3. The molecule has 0 aliphatic heterocycles. The maximum absolute atomic E-state index is 5.38. The molecule has 0 fully saturated rings. The molecule has 0 heterocycles. The van der Waals surface area contributed by atoms with Crippen LogP contribution in [0.15, 0.2) is 24.3 Å². The Morgan fingerprint density at radius 3 is 2.60 bits per heavy atom. The molecule has 0 bridgehead atoms. The van der Waals surface area contributed by atoms with Crippen LogP contribution in [0.25, 0.3) is 0 Å². The Kier molecular flexibility index (Phi) is 6.28. The average molecular weight is 225 g/mol. The van der Waals surface area contributed by atoms with Gasteiger partial charge in [0.15, 0.2) is 0 Å². The fourth-order valence-electron chi connectivity index (χ4n) is 1.28. The fraction of sp³-hybridized carbons (Fsp3) is 0.500. The monoisotopic (exact) mass is 225 g/mol. The number of benzene rings is 1. The minimum absolute atomic E-state index is 0.727. The van der Waals surface area contributed by atoms with E-state index in [-0.39, 0.29) is 0 Å². The predicted octanol–water partition coefficient (Wildman–Crippen LogP) is 2.54. The van der Waals surface area contributed by atoms with Crippen molar-refractivity contribution in [1.82, 2.24) is 5.32 Å². The van der Waals surface area contributed by atoms with Crippen molar-refractivity contribution in [2.24, 2.45) is 0 Å². The zero-order chi connectivity index (χ0) is 10.9. The molecule has 1 aromatic carbocycles. The summed E-state index contributed by atoms with van der Waals surface area (Å²) in [5.74, 6) is 2.11. The maximum atomic E-state index is 5.38. The van der Waals surface area contributed by atoms with Gasteiger partial charge in [-0.05, 0) is 30.9 Å². The van der Waals surface area contributed by atoms with Gasteiger partial charge in [-0.2, -0.15) is 11.8 Å². The average Bonchev–Trinajstić information content (AvgIpc) is 2.27. The van der Waals surface area contributed by atoms with Gasteiger partial charge in [0.05, 0.1) is 6.61 Å². The van der Waals surface area contributed by atoms with E-state index < -0.39 is 0 Å². The third-order valence-corrected chi connectivity index (χ3v) is 2.66. The Morgan fingerprint density at radius 2 is 2.00 bits per heavy atom. The summed E-state index contributed by atoms with van der Waals surface area (Å²) in [6.45, 7) is 4.73. The highest BCUT2D eigenvalue weighted by Gasteiger charge is 1.94. The van der Waals surface area contributed by atoms with Gasteiger partial charge in [0.25, 0.3) is 0 Å². The second-order valence-corrected chi connectivity index (χ2v) is 4.23. The van der Waals surface area contributed by atoms with Gasteiger partial charge in [-0.25, -0.2) is 0 Å². The Balaban J connectivity index is 2.29. The van der Waals surface area contributed by atoms with Crippen molar-refractivity contribution in [3.63, 3.8) is 0 Å². The van der Waals surface area contributed by atoms with Crippen molar-refractivity contribution in [3.8, 4) is 5.75 Å². The molecule has 0 saturated heterocycles. The molecule has 0 aliphatic carbocycles. The smallest absolute Gasteiger partial charge is 0.119 e. The van der Waals surface area contributed by atoms with Gasteiger partial charge in [0.1, 0.15) is 5.75 Å². The molecule has 1 rings (SSSR count). The van der Waals surface area contributed by atoms with Crippen molar-refractivity contribution in [2.75, 3.05) is 25.2 Å². The third kappa shape index (κ3) is 5.09. The molecule has 0 aromatic heterocycles. The van der Waals surface area contributed by atoms with Crippen LogP contribution in [-0.4, -0.2) is 25.2 Å². The summed E-state index contributed by atoms with van der Waals surface area (Å²) in [5.41, 5.74) is 1.31. The molecule has 84 valence electrons. The summed E-state index contributed by atoms with van der Waals surface area (Å²) in [4.78, 5) is 0. The van der Waals surface area contributed by atoms with E-state index in [1.54, 1.807) is 0 Å².